The first-order valence-electron chi connectivity index (χ1n) is 4.30. The van der Waals surface area contributed by atoms with Crippen molar-refractivity contribution in [1.82, 2.24) is 0 Å². The smallest absolute Gasteiger partial charge is 0.0326 e. The molecule has 12 heavy (non-hydrogen) atoms. The lowest BCUT2D eigenvalue weighted by atomic mass is 10.1. The number of rotatable bonds is 2. The van der Waals surface area contributed by atoms with Crippen molar-refractivity contribution in [3.8, 4) is 11.8 Å². The molecular formula is C12H13. The van der Waals surface area contributed by atoms with Crippen molar-refractivity contribution >= 4 is 0 Å². The molecule has 1 rings (SSSR count). The topological polar surface area (TPSA) is 0 Å². The molecular weight excluding hydrogens is 144 g/mol. The second kappa shape index (κ2) is 4.62. The molecule has 1 radical (unpaired) electrons. The first-order chi connectivity index (χ1) is 5.86. The summed E-state index contributed by atoms with van der Waals surface area (Å²) in [6.07, 6.45) is 2.26. The highest BCUT2D eigenvalue weighted by Gasteiger charge is 1.92. The molecule has 0 bridgehead atoms. The number of aryl methyl sites for hydroxylation is 1. The fraction of sp³-hybridized carbons (Fsp3) is 0.333. The monoisotopic (exact) mass is 157 g/mol. The van der Waals surface area contributed by atoms with E-state index in [9.17, 15) is 0 Å². The molecule has 0 fully saturated rings. The maximum absolute atomic E-state index is 3.27. The molecule has 61 valence electrons. The third kappa shape index (κ3) is 2.43. The Labute approximate surface area is 74.6 Å². The molecule has 0 N–H and O–H groups in total. The van der Waals surface area contributed by atoms with Gasteiger partial charge in [-0.1, -0.05) is 31.4 Å². The summed E-state index contributed by atoms with van der Waals surface area (Å²) in [6.45, 7) is 4.02. The highest BCUT2D eigenvalue weighted by molar-refractivity contribution is 5.35. The van der Waals surface area contributed by atoms with Crippen molar-refractivity contribution in [2.75, 3.05) is 0 Å². The average molecular weight is 157 g/mol. The van der Waals surface area contributed by atoms with Gasteiger partial charge in [-0.2, -0.15) is 0 Å². The molecule has 0 saturated heterocycles. The lowest BCUT2D eigenvalue weighted by molar-refractivity contribution is 0.920. The predicted octanol–water partition coefficient (Wildman–Crippen LogP) is 2.81. The van der Waals surface area contributed by atoms with Gasteiger partial charge >= 0.3 is 0 Å². The van der Waals surface area contributed by atoms with Gasteiger partial charge in [-0.15, -0.1) is 5.92 Å². The molecule has 0 unspecified atom stereocenters. The summed E-state index contributed by atoms with van der Waals surface area (Å²) in [5.41, 5.74) is 2.26. The van der Waals surface area contributed by atoms with E-state index in [0.717, 1.165) is 12.0 Å². The van der Waals surface area contributed by atoms with Crippen LogP contribution in [-0.2, 0) is 6.42 Å². The minimum absolute atomic E-state index is 1.00. The molecule has 0 atom stereocenters. The maximum atomic E-state index is 3.27. The van der Waals surface area contributed by atoms with Crippen molar-refractivity contribution in [3.63, 3.8) is 0 Å². The molecule has 0 saturated carbocycles. The summed E-state index contributed by atoms with van der Waals surface area (Å²) >= 11 is 0. The maximum Gasteiger partial charge on any atom is 0.0326 e. The Morgan fingerprint density at radius 2 is 2.25 bits per heavy atom. The van der Waals surface area contributed by atoms with E-state index in [1.165, 1.54) is 12.0 Å². The molecule has 0 aromatic heterocycles. The normalized spacial score (nSPS) is 8.83. The van der Waals surface area contributed by atoms with Crippen LogP contribution in [0.1, 0.15) is 31.4 Å². The van der Waals surface area contributed by atoms with Gasteiger partial charge < -0.3 is 0 Å². The zero-order valence-electron chi connectivity index (χ0n) is 7.65. The van der Waals surface area contributed by atoms with Crippen molar-refractivity contribution in [2.24, 2.45) is 0 Å². The fourth-order valence-electron chi connectivity index (χ4n) is 1.14. The van der Waals surface area contributed by atoms with Gasteiger partial charge in [0, 0.05) is 11.6 Å². The van der Waals surface area contributed by atoms with Crippen LogP contribution in [0.2, 0.25) is 0 Å². The van der Waals surface area contributed by atoms with Gasteiger partial charge in [-0.25, -0.2) is 0 Å². The minimum atomic E-state index is 1.00. The van der Waals surface area contributed by atoms with Gasteiger partial charge in [0.1, 0.15) is 0 Å². The highest BCUT2D eigenvalue weighted by atomic mass is 14.0. The molecule has 0 aliphatic heterocycles. The molecule has 0 heterocycles. The largest absolute Gasteiger partial charge is 0.101 e. The van der Waals surface area contributed by atoms with Gasteiger partial charge in [0.2, 0.25) is 0 Å². The number of hydrogen-bond donors (Lipinski definition) is 0. The van der Waals surface area contributed by atoms with Crippen molar-refractivity contribution in [1.29, 1.82) is 0 Å². The van der Waals surface area contributed by atoms with E-state index in [-0.39, 0.29) is 0 Å². The molecule has 1 aromatic rings. The first-order valence-corrected chi connectivity index (χ1v) is 4.30. The van der Waals surface area contributed by atoms with E-state index in [4.69, 9.17) is 0 Å². The zero-order chi connectivity index (χ0) is 8.81. The summed E-state index contributed by atoms with van der Waals surface area (Å²) in [4.78, 5) is 0. The quantitative estimate of drug-likeness (QED) is 0.579. The Bertz CT molecular complexity index is 299. The Balaban J connectivity index is 2.85. The second-order valence-corrected chi connectivity index (χ2v) is 2.71. The Kier molecular flexibility index (Phi) is 3.41. The van der Waals surface area contributed by atoms with Crippen LogP contribution in [-0.4, -0.2) is 0 Å². The molecule has 0 aliphatic rings. The molecule has 0 amide bonds. The van der Waals surface area contributed by atoms with Crippen LogP contribution in [0, 0.1) is 17.9 Å². The summed E-state index contributed by atoms with van der Waals surface area (Å²) in [5, 5.41) is 0. The van der Waals surface area contributed by atoms with Crippen LogP contribution in [0.3, 0.4) is 0 Å². The number of benzene rings is 1. The SMILES string of the molecule is CC#Cc1[c]c(CCC)ccc1. The molecule has 0 nitrogen and oxygen atoms in total. The van der Waals surface area contributed by atoms with E-state index in [0.29, 0.717) is 0 Å². The third-order valence-corrected chi connectivity index (χ3v) is 1.63. The van der Waals surface area contributed by atoms with Gasteiger partial charge in [-0.3, -0.25) is 0 Å². The van der Waals surface area contributed by atoms with Crippen LogP contribution in [0.5, 0.6) is 0 Å². The van der Waals surface area contributed by atoms with Crippen molar-refractivity contribution in [3.05, 3.63) is 35.4 Å². The lowest BCUT2D eigenvalue weighted by Gasteiger charge is -1.96. The Morgan fingerprint density at radius 1 is 1.42 bits per heavy atom. The van der Waals surface area contributed by atoms with Gasteiger partial charge in [0.25, 0.3) is 0 Å². The van der Waals surface area contributed by atoms with Gasteiger partial charge in [0.05, 0.1) is 0 Å². The first kappa shape index (κ1) is 8.87. The Morgan fingerprint density at radius 3 is 2.92 bits per heavy atom. The van der Waals surface area contributed by atoms with E-state index >= 15 is 0 Å². The van der Waals surface area contributed by atoms with E-state index in [2.05, 4.69) is 30.9 Å². The highest BCUT2D eigenvalue weighted by Crippen LogP contribution is 2.05. The second-order valence-electron chi connectivity index (χ2n) is 2.71. The average Bonchev–Trinajstić information content (AvgIpc) is 2.06. The van der Waals surface area contributed by atoms with E-state index < -0.39 is 0 Å². The van der Waals surface area contributed by atoms with Gasteiger partial charge in [0.15, 0.2) is 0 Å². The van der Waals surface area contributed by atoms with Crippen LogP contribution in [0.4, 0.5) is 0 Å². The summed E-state index contributed by atoms with van der Waals surface area (Å²) in [6, 6.07) is 9.41. The standard InChI is InChI=1S/C12H13/c1-3-6-11-8-5-9-12(10-11)7-4-2/h5,8-9H,3,6H2,1-2H3. The van der Waals surface area contributed by atoms with Crippen molar-refractivity contribution < 1.29 is 0 Å². The minimum Gasteiger partial charge on any atom is -0.101 e. The van der Waals surface area contributed by atoms with Crippen molar-refractivity contribution in [2.45, 2.75) is 26.7 Å². The van der Waals surface area contributed by atoms with E-state index in [1.54, 1.807) is 0 Å². The molecule has 0 heteroatoms. The van der Waals surface area contributed by atoms with Crippen LogP contribution in [0.25, 0.3) is 0 Å². The fourth-order valence-corrected chi connectivity index (χ4v) is 1.14. The number of hydrogen-bond acceptors (Lipinski definition) is 0. The Hall–Kier alpha value is -1.22. The summed E-state index contributed by atoms with van der Waals surface area (Å²) in [7, 11) is 0. The van der Waals surface area contributed by atoms with Crippen LogP contribution in [0.15, 0.2) is 18.2 Å². The van der Waals surface area contributed by atoms with E-state index in [1.807, 2.05) is 19.1 Å². The van der Waals surface area contributed by atoms with Gasteiger partial charge in [-0.05, 0) is 25.0 Å². The summed E-state index contributed by atoms with van der Waals surface area (Å²) in [5.74, 6) is 5.87. The zero-order valence-corrected chi connectivity index (χ0v) is 7.65. The molecule has 1 aromatic carbocycles. The molecule has 0 aliphatic carbocycles. The summed E-state index contributed by atoms with van der Waals surface area (Å²) < 4.78 is 0. The lowest BCUT2D eigenvalue weighted by Crippen LogP contribution is -1.84. The third-order valence-electron chi connectivity index (χ3n) is 1.63. The predicted molar refractivity (Wildman–Crippen MR) is 51.8 cm³/mol. The molecule has 0 spiro atoms. The van der Waals surface area contributed by atoms with Crippen LogP contribution < -0.4 is 0 Å². The van der Waals surface area contributed by atoms with Crippen LogP contribution >= 0.6 is 0 Å².